The predicted molar refractivity (Wildman–Crippen MR) is 86.8 cm³/mol. The second-order valence-electron chi connectivity index (χ2n) is 5.79. The van der Waals surface area contributed by atoms with Crippen molar-refractivity contribution >= 4 is 15.7 Å². The molecule has 1 unspecified atom stereocenters. The Labute approximate surface area is 128 Å². The lowest BCUT2D eigenvalue weighted by molar-refractivity contribution is 0.452. The van der Waals surface area contributed by atoms with Crippen molar-refractivity contribution in [2.75, 3.05) is 18.8 Å². The predicted octanol–water partition coefficient (Wildman–Crippen LogP) is 2.81. The summed E-state index contributed by atoms with van der Waals surface area (Å²) < 4.78 is 27.6. The number of nitrogen functional groups attached to an aromatic ring is 1. The van der Waals surface area contributed by atoms with Gasteiger partial charge in [0.2, 0.25) is 10.0 Å². The van der Waals surface area contributed by atoms with Crippen LogP contribution in [0.2, 0.25) is 0 Å². The number of benzene rings is 1. The maximum atomic E-state index is 13.0. The fourth-order valence-electron chi connectivity index (χ4n) is 3.03. The van der Waals surface area contributed by atoms with Gasteiger partial charge in [-0.25, -0.2) is 8.42 Å². The van der Waals surface area contributed by atoms with Crippen LogP contribution < -0.4 is 5.73 Å². The number of sulfonamides is 1. The molecular weight excluding hydrogens is 284 g/mol. The molecule has 0 amide bonds. The molecular formula is C16H26N2O2S. The molecule has 1 aromatic carbocycles. The Morgan fingerprint density at radius 3 is 2.48 bits per heavy atom. The van der Waals surface area contributed by atoms with Gasteiger partial charge in [0.05, 0.1) is 4.90 Å². The number of nitrogens with two attached hydrogens (primary N) is 1. The second kappa shape index (κ2) is 6.36. The molecule has 1 atom stereocenters. The van der Waals surface area contributed by atoms with Gasteiger partial charge in [-0.2, -0.15) is 4.31 Å². The number of hydrogen-bond donors (Lipinski definition) is 1. The van der Waals surface area contributed by atoms with Gasteiger partial charge in [0.15, 0.2) is 0 Å². The van der Waals surface area contributed by atoms with Crippen molar-refractivity contribution in [2.24, 2.45) is 5.92 Å². The van der Waals surface area contributed by atoms with Crippen LogP contribution in [0.1, 0.15) is 44.7 Å². The molecule has 2 N–H and O–H groups in total. The topological polar surface area (TPSA) is 63.4 Å². The first kappa shape index (κ1) is 16.3. The highest BCUT2D eigenvalue weighted by atomic mass is 32.2. The van der Waals surface area contributed by atoms with E-state index in [-0.39, 0.29) is 0 Å². The van der Waals surface area contributed by atoms with E-state index >= 15 is 0 Å². The third-order valence-corrected chi connectivity index (χ3v) is 6.44. The van der Waals surface area contributed by atoms with Gasteiger partial charge in [0.1, 0.15) is 0 Å². The van der Waals surface area contributed by atoms with Crippen LogP contribution in [-0.2, 0) is 22.9 Å². The second-order valence-corrected chi connectivity index (χ2v) is 7.70. The summed E-state index contributed by atoms with van der Waals surface area (Å²) >= 11 is 0. The van der Waals surface area contributed by atoms with Crippen molar-refractivity contribution in [2.45, 2.75) is 51.3 Å². The van der Waals surface area contributed by atoms with Crippen LogP contribution in [0, 0.1) is 5.92 Å². The Kier molecular flexibility index (Phi) is 4.94. The first-order valence-corrected chi connectivity index (χ1v) is 9.29. The van der Waals surface area contributed by atoms with Gasteiger partial charge < -0.3 is 5.73 Å². The molecule has 2 rings (SSSR count). The molecule has 1 heterocycles. The molecule has 21 heavy (non-hydrogen) atoms. The maximum absolute atomic E-state index is 13.0. The smallest absolute Gasteiger partial charge is 0.243 e. The Morgan fingerprint density at radius 2 is 1.95 bits per heavy atom. The monoisotopic (exact) mass is 310 g/mol. The molecule has 118 valence electrons. The van der Waals surface area contributed by atoms with Crippen molar-refractivity contribution < 1.29 is 8.42 Å². The number of rotatable bonds is 5. The summed E-state index contributed by atoms with van der Waals surface area (Å²) in [6.07, 6.45) is 3.41. The van der Waals surface area contributed by atoms with Crippen molar-refractivity contribution in [3.05, 3.63) is 23.3 Å². The normalized spacial score (nSPS) is 20.0. The van der Waals surface area contributed by atoms with Crippen molar-refractivity contribution in [1.29, 1.82) is 0 Å². The van der Waals surface area contributed by atoms with Crippen molar-refractivity contribution in [3.63, 3.8) is 0 Å². The van der Waals surface area contributed by atoms with Crippen molar-refractivity contribution in [1.82, 2.24) is 4.31 Å². The Morgan fingerprint density at radius 1 is 1.24 bits per heavy atom. The van der Waals surface area contributed by atoms with Crippen LogP contribution in [-0.4, -0.2) is 25.8 Å². The summed E-state index contributed by atoms with van der Waals surface area (Å²) in [5, 5.41) is 0. The highest BCUT2D eigenvalue weighted by Gasteiger charge is 2.33. The Bertz CT molecular complexity index is 611. The van der Waals surface area contributed by atoms with E-state index in [0.29, 0.717) is 36.0 Å². The molecule has 1 aliphatic rings. The summed E-state index contributed by atoms with van der Waals surface area (Å²) in [7, 11) is -3.43. The van der Waals surface area contributed by atoms with Crippen LogP contribution in [0.4, 0.5) is 5.69 Å². The average molecular weight is 310 g/mol. The fourth-order valence-corrected chi connectivity index (χ4v) is 4.93. The molecule has 0 aliphatic carbocycles. The molecule has 0 aromatic heterocycles. The molecule has 1 aromatic rings. The van der Waals surface area contributed by atoms with E-state index in [0.717, 1.165) is 30.4 Å². The molecule has 5 heteroatoms. The SMILES string of the molecule is CCc1cc(N)c(CC)c(S(=O)(=O)N2CCC(CC)C2)c1. The molecule has 1 aliphatic heterocycles. The standard InChI is InChI=1S/C16H26N2O2S/c1-4-12-7-8-18(11-12)21(19,20)16-10-13(5-2)9-15(17)14(16)6-3/h9-10,12H,4-8,11,17H2,1-3H3. The molecule has 0 spiro atoms. The van der Waals surface area contributed by atoms with Crippen LogP contribution in [0.25, 0.3) is 0 Å². The minimum Gasteiger partial charge on any atom is -0.398 e. The summed E-state index contributed by atoms with van der Waals surface area (Å²) in [4.78, 5) is 0.415. The number of anilines is 1. The molecule has 1 fully saturated rings. The highest BCUT2D eigenvalue weighted by molar-refractivity contribution is 7.89. The lowest BCUT2D eigenvalue weighted by atomic mass is 10.1. The first-order chi connectivity index (χ1) is 9.93. The zero-order chi connectivity index (χ0) is 15.6. The van der Waals surface area contributed by atoms with Gasteiger partial charge in [-0.15, -0.1) is 0 Å². The molecule has 0 radical (unpaired) electrons. The van der Waals surface area contributed by atoms with Gasteiger partial charge in [-0.05, 0) is 48.4 Å². The zero-order valence-corrected chi connectivity index (χ0v) is 14.0. The summed E-state index contributed by atoms with van der Waals surface area (Å²) in [5.41, 5.74) is 8.41. The fraction of sp³-hybridized carbons (Fsp3) is 0.625. The number of nitrogens with zero attached hydrogens (tertiary/aromatic N) is 1. The average Bonchev–Trinajstić information content (AvgIpc) is 2.96. The van der Waals surface area contributed by atoms with Crippen LogP contribution in [0.15, 0.2) is 17.0 Å². The summed E-state index contributed by atoms with van der Waals surface area (Å²) in [6.45, 7) is 7.35. The minimum atomic E-state index is -3.43. The molecule has 0 bridgehead atoms. The van der Waals surface area contributed by atoms with E-state index in [2.05, 4.69) is 6.92 Å². The molecule has 4 nitrogen and oxygen atoms in total. The van der Waals surface area contributed by atoms with Gasteiger partial charge in [-0.1, -0.05) is 27.2 Å². The quantitative estimate of drug-likeness (QED) is 0.851. The minimum absolute atomic E-state index is 0.415. The lowest BCUT2D eigenvalue weighted by Gasteiger charge is -2.20. The van der Waals surface area contributed by atoms with Gasteiger partial charge in [0, 0.05) is 18.8 Å². The van der Waals surface area contributed by atoms with Crippen LogP contribution in [0.3, 0.4) is 0 Å². The van der Waals surface area contributed by atoms with E-state index in [1.165, 1.54) is 0 Å². The molecule has 1 saturated heterocycles. The number of hydrogen-bond acceptors (Lipinski definition) is 3. The highest BCUT2D eigenvalue weighted by Crippen LogP contribution is 2.31. The Balaban J connectivity index is 2.46. The van der Waals surface area contributed by atoms with Gasteiger partial charge >= 0.3 is 0 Å². The number of aryl methyl sites for hydroxylation is 1. The van der Waals surface area contributed by atoms with Crippen LogP contribution >= 0.6 is 0 Å². The zero-order valence-electron chi connectivity index (χ0n) is 13.2. The lowest BCUT2D eigenvalue weighted by Crippen LogP contribution is -2.30. The summed E-state index contributed by atoms with van der Waals surface area (Å²) in [5.74, 6) is 0.483. The largest absolute Gasteiger partial charge is 0.398 e. The van der Waals surface area contributed by atoms with E-state index in [1.807, 2.05) is 26.0 Å². The van der Waals surface area contributed by atoms with E-state index < -0.39 is 10.0 Å². The van der Waals surface area contributed by atoms with Crippen LogP contribution in [0.5, 0.6) is 0 Å². The van der Waals surface area contributed by atoms with E-state index in [4.69, 9.17) is 5.73 Å². The third kappa shape index (κ3) is 3.09. The van der Waals surface area contributed by atoms with E-state index in [9.17, 15) is 8.42 Å². The van der Waals surface area contributed by atoms with Gasteiger partial charge in [0.25, 0.3) is 0 Å². The Hall–Kier alpha value is -1.07. The molecule has 0 saturated carbocycles. The first-order valence-electron chi connectivity index (χ1n) is 7.85. The third-order valence-electron chi connectivity index (χ3n) is 4.51. The van der Waals surface area contributed by atoms with E-state index in [1.54, 1.807) is 4.31 Å². The summed E-state index contributed by atoms with van der Waals surface area (Å²) in [6, 6.07) is 3.71. The van der Waals surface area contributed by atoms with Crippen molar-refractivity contribution in [3.8, 4) is 0 Å². The maximum Gasteiger partial charge on any atom is 0.243 e. The van der Waals surface area contributed by atoms with Gasteiger partial charge in [-0.3, -0.25) is 0 Å².